The van der Waals surface area contributed by atoms with Crippen molar-refractivity contribution < 1.29 is 18.1 Å². The smallest absolute Gasteiger partial charge is 0.269 e. The number of piperazine rings is 1. The first-order valence-electron chi connectivity index (χ1n) is 9.85. The molecule has 4 rings (SSSR count). The minimum Gasteiger partial charge on any atom is -0.340 e. The Bertz CT molecular complexity index is 1230. The SMILES string of the molecule is O=C(Cc1ccc([N+](=O)[O-])cc1)N1CCN(S(=O)(=O)c2ccc3ccccc3c2)CC1. The zero-order chi connectivity index (χ0) is 22.0. The summed E-state index contributed by atoms with van der Waals surface area (Å²) in [5, 5.41) is 12.6. The van der Waals surface area contributed by atoms with Gasteiger partial charge in [0.05, 0.1) is 16.2 Å². The van der Waals surface area contributed by atoms with Crippen LogP contribution in [0, 0.1) is 10.1 Å². The van der Waals surface area contributed by atoms with E-state index in [0.29, 0.717) is 18.7 Å². The Hall–Kier alpha value is -3.30. The number of amides is 1. The molecule has 0 saturated carbocycles. The summed E-state index contributed by atoms with van der Waals surface area (Å²) in [5.74, 6) is -0.128. The maximum atomic E-state index is 13.1. The predicted molar refractivity (Wildman–Crippen MR) is 116 cm³/mol. The lowest BCUT2D eigenvalue weighted by molar-refractivity contribution is -0.384. The van der Waals surface area contributed by atoms with Gasteiger partial charge in [-0.15, -0.1) is 0 Å². The molecule has 1 aliphatic rings. The monoisotopic (exact) mass is 439 g/mol. The minimum absolute atomic E-state index is 0.0243. The van der Waals surface area contributed by atoms with Gasteiger partial charge in [0.2, 0.25) is 15.9 Å². The van der Waals surface area contributed by atoms with Crippen LogP contribution in [0.25, 0.3) is 10.8 Å². The molecule has 31 heavy (non-hydrogen) atoms. The van der Waals surface area contributed by atoms with Gasteiger partial charge in [-0.25, -0.2) is 8.42 Å². The van der Waals surface area contributed by atoms with E-state index < -0.39 is 14.9 Å². The van der Waals surface area contributed by atoms with Gasteiger partial charge >= 0.3 is 0 Å². The molecule has 1 aliphatic heterocycles. The van der Waals surface area contributed by atoms with Crippen molar-refractivity contribution in [3.8, 4) is 0 Å². The van der Waals surface area contributed by atoms with Gasteiger partial charge in [0, 0.05) is 38.3 Å². The van der Waals surface area contributed by atoms with E-state index in [2.05, 4.69) is 0 Å². The zero-order valence-corrected chi connectivity index (χ0v) is 17.5. The highest BCUT2D eigenvalue weighted by molar-refractivity contribution is 7.89. The van der Waals surface area contributed by atoms with Crippen molar-refractivity contribution >= 4 is 32.4 Å². The van der Waals surface area contributed by atoms with Crippen molar-refractivity contribution in [2.75, 3.05) is 26.2 Å². The number of benzene rings is 3. The number of non-ortho nitro benzene ring substituents is 1. The van der Waals surface area contributed by atoms with E-state index in [9.17, 15) is 23.3 Å². The fourth-order valence-corrected chi connectivity index (χ4v) is 5.13. The lowest BCUT2D eigenvalue weighted by Gasteiger charge is -2.34. The number of nitrogens with zero attached hydrogens (tertiary/aromatic N) is 3. The number of fused-ring (bicyclic) bond motifs is 1. The van der Waals surface area contributed by atoms with Gasteiger partial charge in [-0.3, -0.25) is 14.9 Å². The lowest BCUT2D eigenvalue weighted by Crippen LogP contribution is -2.50. The number of carbonyl (C=O) groups excluding carboxylic acids is 1. The summed E-state index contributed by atoms with van der Waals surface area (Å²) in [6.45, 7) is 1.06. The fourth-order valence-electron chi connectivity index (χ4n) is 3.68. The molecule has 0 atom stereocenters. The standard InChI is InChI=1S/C22H21N3O5S/c26-22(15-17-5-8-20(9-6-17)25(27)28)23-11-13-24(14-12-23)31(29,30)21-10-7-18-3-1-2-4-19(18)16-21/h1-10,16H,11-15H2. The van der Waals surface area contributed by atoms with Gasteiger partial charge in [-0.2, -0.15) is 4.31 Å². The molecule has 1 heterocycles. The molecule has 8 nitrogen and oxygen atoms in total. The molecule has 1 saturated heterocycles. The number of nitro groups is 1. The Labute approximate surface area is 179 Å². The van der Waals surface area contributed by atoms with Gasteiger partial charge in [0.1, 0.15) is 0 Å². The molecule has 0 radical (unpaired) electrons. The summed E-state index contributed by atoms with van der Waals surface area (Å²) in [5.41, 5.74) is 0.658. The van der Waals surface area contributed by atoms with E-state index in [-0.39, 0.29) is 36.0 Å². The van der Waals surface area contributed by atoms with Crippen LogP contribution in [0.3, 0.4) is 0 Å². The predicted octanol–water partition coefficient (Wildman–Crippen LogP) is 2.82. The third kappa shape index (κ3) is 4.42. The molecular weight excluding hydrogens is 418 g/mol. The highest BCUT2D eigenvalue weighted by atomic mass is 32.2. The maximum Gasteiger partial charge on any atom is 0.269 e. The zero-order valence-electron chi connectivity index (χ0n) is 16.7. The number of nitro benzene ring substituents is 1. The highest BCUT2D eigenvalue weighted by Crippen LogP contribution is 2.23. The van der Waals surface area contributed by atoms with E-state index in [1.54, 1.807) is 35.2 Å². The third-order valence-corrected chi connectivity index (χ3v) is 7.35. The van der Waals surface area contributed by atoms with Crippen LogP contribution in [-0.4, -0.2) is 54.6 Å². The van der Waals surface area contributed by atoms with Crippen LogP contribution in [0.4, 0.5) is 5.69 Å². The molecule has 0 aliphatic carbocycles. The lowest BCUT2D eigenvalue weighted by atomic mass is 10.1. The Kier molecular flexibility index (Phi) is 5.71. The summed E-state index contributed by atoms with van der Waals surface area (Å²) in [6.07, 6.45) is 0.120. The minimum atomic E-state index is -3.64. The maximum absolute atomic E-state index is 13.1. The topological polar surface area (TPSA) is 101 Å². The summed E-state index contributed by atoms with van der Waals surface area (Å²) in [7, 11) is -3.64. The summed E-state index contributed by atoms with van der Waals surface area (Å²) in [4.78, 5) is 24.7. The van der Waals surface area contributed by atoms with Crippen LogP contribution >= 0.6 is 0 Å². The number of sulfonamides is 1. The van der Waals surface area contributed by atoms with Crippen molar-refractivity contribution in [1.82, 2.24) is 9.21 Å². The average molecular weight is 439 g/mol. The number of hydrogen-bond acceptors (Lipinski definition) is 5. The molecule has 0 aromatic heterocycles. The first-order chi connectivity index (χ1) is 14.8. The van der Waals surface area contributed by atoms with Crippen molar-refractivity contribution in [1.29, 1.82) is 0 Å². The molecule has 3 aromatic carbocycles. The largest absolute Gasteiger partial charge is 0.340 e. The summed E-state index contributed by atoms with van der Waals surface area (Å²) >= 11 is 0. The van der Waals surface area contributed by atoms with Gasteiger partial charge in [0.25, 0.3) is 5.69 Å². The molecule has 3 aromatic rings. The third-order valence-electron chi connectivity index (χ3n) is 5.45. The molecule has 0 N–H and O–H groups in total. The van der Waals surface area contributed by atoms with Crippen molar-refractivity contribution in [3.63, 3.8) is 0 Å². The van der Waals surface area contributed by atoms with E-state index >= 15 is 0 Å². The Morgan fingerprint density at radius 3 is 2.19 bits per heavy atom. The summed E-state index contributed by atoms with van der Waals surface area (Å²) in [6, 6.07) is 18.6. The molecule has 160 valence electrons. The molecule has 0 spiro atoms. The first-order valence-corrected chi connectivity index (χ1v) is 11.3. The van der Waals surface area contributed by atoms with Gasteiger partial charge < -0.3 is 4.90 Å². The fraction of sp³-hybridized carbons (Fsp3) is 0.227. The Morgan fingerprint density at radius 2 is 1.55 bits per heavy atom. The van der Waals surface area contributed by atoms with E-state index in [1.165, 1.54) is 16.4 Å². The van der Waals surface area contributed by atoms with Crippen molar-refractivity contribution in [3.05, 3.63) is 82.4 Å². The van der Waals surface area contributed by atoms with Crippen LogP contribution in [0.5, 0.6) is 0 Å². The van der Waals surface area contributed by atoms with Crippen molar-refractivity contribution in [2.24, 2.45) is 0 Å². The second-order valence-electron chi connectivity index (χ2n) is 7.39. The van der Waals surface area contributed by atoms with E-state index in [4.69, 9.17) is 0 Å². The van der Waals surface area contributed by atoms with Crippen molar-refractivity contribution in [2.45, 2.75) is 11.3 Å². The average Bonchev–Trinajstić information content (AvgIpc) is 2.79. The van der Waals surface area contributed by atoms with Crippen LogP contribution in [0.2, 0.25) is 0 Å². The second kappa shape index (κ2) is 8.44. The molecular formula is C22H21N3O5S. The van der Waals surface area contributed by atoms with Crippen LogP contribution in [0.15, 0.2) is 71.6 Å². The van der Waals surface area contributed by atoms with Crippen LogP contribution in [0.1, 0.15) is 5.56 Å². The number of carbonyl (C=O) groups is 1. The van der Waals surface area contributed by atoms with Gasteiger partial charge in [-0.1, -0.05) is 42.5 Å². The highest BCUT2D eigenvalue weighted by Gasteiger charge is 2.30. The quantitative estimate of drug-likeness (QED) is 0.449. The number of rotatable bonds is 5. The van der Waals surface area contributed by atoms with Crippen LogP contribution in [-0.2, 0) is 21.2 Å². The number of hydrogen-bond donors (Lipinski definition) is 0. The van der Waals surface area contributed by atoms with Gasteiger partial charge in [0.15, 0.2) is 0 Å². The first kappa shape index (κ1) is 21.0. The Morgan fingerprint density at radius 1 is 0.903 bits per heavy atom. The molecule has 1 fully saturated rings. The normalized spacial score (nSPS) is 15.2. The molecule has 0 bridgehead atoms. The molecule has 0 unspecified atom stereocenters. The van der Waals surface area contributed by atoms with Gasteiger partial charge in [-0.05, 0) is 28.5 Å². The van der Waals surface area contributed by atoms with E-state index in [0.717, 1.165) is 10.8 Å². The summed E-state index contributed by atoms with van der Waals surface area (Å²) < 4.78 is 27.5. The van der Waals surface area contributed by atoms with Crippen LogP contribution < -0.4 is 0 Å². The van der Waals surface area contributed by atoms with E-state index in [1.807, 2.05) is 24.3 Å². The molecule has 9 heteroatoms. The Balaban J connectivity index is 1.40. The molecule has 1 amide bonds. The second-order valence-corrected chi connectivity index (χ2v) is 9.33.